The molecule has 0 unspecified atom stereocenters. The summed E-state index contributed by atoms with van der Waals surface area (Å²) in [6.07, 6.45) is 1.73. The van der Waals surface area contributed by atoms with Crippen LogP contribution in [0.25, 0.3) is 0 Å². The molecule has 1 aliphatic heterocycles. The van der Waals surface area contributed by atoms with Gasteiger partial charge in [0.1, 0.15) is 16.1 Å². The number of rotatable bonds is 11. The van der Waals surface area contributed by atoms with Gasteiger partial charge in [-0.05, 0) is 19.5 Å². The minimum atomic E-state index is -3.87. The quantitative estimate of drug-likeness (QED) is 0.362. The minimum Gasteiger partial charge on any atom is -0.477 e. The molecule has 0 aliphatic carbocycles. The summed E-state index contributed by atoms with van der Waals surface area (Å²) in [5.41, 5.74) is 6.56. The Balaban J connectivity index is 1.99. The number of ether oxygens (including phenoxy) is 1. The molecule has 0 spiro atoms. The van der Waals surface area contributed by atoms with Crippen LogP contribution in [0, 0.1) is 5.92 Å². The Labute approximate surface area is 218 Å². The fourth-order valence-electron chi connectivity index (χ4n) is 4.34. The van der Waals surface area contributed by atoms with Crippen LogP contribution in [0.5, 0.6) is 5.88 Å². The first-order valence-corrected chi connectivity index (χ1v) is 14.1. The number of anilines is 1. The molecule has 204 valence electrons. The maximum absolute atomic E-state index is 13.5. The first-order valence-electron chi connectivity index (χ1n) is 12.6. The largest absolute Gasteiger partial charge is 0.477 e. The van der Waals surface area contributed by atoms with Gasteiger partial charge in [-0.3, -0.25) is 9.59 Å². The van der Waals surface area contributed by atoms with E-state index in [2.05, 4.69) is 20.3 Å². The highest BCUT2D eigenvalue weighted by Gasteiger charge is 2.32. The molecule has 0 radical (unpaired) electrons. The molecule has 2 aromatic heterocycles. The van der Waals surface area contributed by atoms with Crippen LogP contribution in [0.3, 0.4) is 0 Å². The molecule has 12 nitrogen and oxygen atoms in total. The van der Waals surface area contributed by atoms with Crippen LogP contribution in [-0.2, 0) is 23.0 Å². The number of nitrogens with one attached hydrogen (secondary N) is 2. The smallest absolute Gasteiger partial charge is 0.273 e. The Kier molecular flexibility index (Phi) is 9.26. The molecule has 1 saturated heterocycles. The zero-order valence-corrected chi connectivity index (χ0v) is 23.0. The summed E-state index contributed by atoms with van der Waals surface area (Å²) < 4.78 is 35.5. The molecule has 0 bridgehead atoms. The number of nitrogens with two attached hydrogens (primary N) is 1. The third-order valence-corrected chi connectivity index (χ3v) is 8.11. The summed E-state index contributed by atoms with van der Waals surface area (Å²) in [4.78, 5) is 31.9. The Morgan fingerprint density at radius 3 is 2.43 bits per heavy atom. The molecule has 1 fully saturated rings. The molecular weight excluding hydrogens is 498 g/mol. The van der Waals surface area contributed by atoms with E-state index in [9.17, 15) is 18.0 Å². The van der Waals surface area contributed by atoms with Gasteiger partial charge in [0.2, 0.25) is 21.6 Å². The number of carbonyl (C=O) groups is 2. The first kappa shape index (κ1) is 28.5. The normalized spacial score (nSPS) is 15.2. The molecule has 3 heterocycles. The zero-order valence-electron chi connectivity index (χ0n) is 22.2. The number of amides is 2. The lowest BCUT2D eigenvalue weighted by Crippen LogP contribution is -2.48. The summed E-state index contributed by atoms with van der Waals surface area (Å²) in [6.45, 7) is 13.4. The molecule has 3 rings (SSSR count). The number of primary amides is 1. The van der Waals surface area contributed by atoms with Crippen molar-refractivity contribution in [3.05, 3.63) is 29.2 Å². The summed E-state index contributed by atoms with van der Waals surface area (Å²) in [7, 11) is -3.87. The number of hydrogen-bond donors (Lipinski definition) is 3. The number of pyridine rings is 1. The van der Waals surface area contributed by atoms with Gasteiger partial charge >= 0.3 is 0 Å². The van der Waals surface area contributed by atoms with E-state index in [1.165, 1.54) is 16.6 Å². The first-order chi connectivity index (χ1) is 17.5. The monoisotopic (exact) mass is 536 g/mol. The number of aromatic amines is 1. The van der Waals surface area contributed by atoms with Gasteiger partial charge < -0.3 is 20.7 Å². The van der Waals surface area contributed by atoms with Gasteiger partial charge in [-0.15, -0.1) is 4.68 Å². The van der Waals surface area contributed by atoms with E-state index in [-0.39, 0.29) is 40.2 Å². The molecule has 1 aliphatic rings. The van der Waals surface area contributed by atoms with E-state index in [1.807, 2.05) is 27.7 Å². The van der Waals surface area contributed by atoms with Crippen LogP contribution in [0.1, 0.15) is 61.2 Å². The number of likely N-dealkylation sites (N-methyl/N-ethyl adjacent to an activating group) is 1. The number of hydrogen-bond acceptors (Lipinski definition) is 7. The molecule has 2 aromatic rings. The van der Waals surface area contributed by atoms with E-state index in [0.717, 1.165) is 6.54 Å². The van der Waals surface area contributed by atoms with E-state index in [1.54, 1.807) is 11.6 Å². The fraction of sp³-hybridized carbons (Fsp3) is 0.583. The van der Waals surface area contributed by atoms with Gasteiger partial charge in [0.15, 0.2) is 12.2 Å². The highest BCUT2D eigenvalue weighted by atomic mass is 32.2. The fourth-order valence-corrected chi connectivity index (χ4v) is 5.74. The molecule has 4 N–H and O–H groups in total. The molecular formula is C24H38N7O5S+. The summed E-state index contributed by atoms with van der Waals surface area (Å²) in [6, 6.07) is 1.28. The third-order valence-electron chi connectivity index (χ3n) is 6.25. The van der Waals surface area contributed by atoms with Crippen molar-refractivity contribution in [3.8, 4) is 5.88 Å². The Morgan fingerprint density at radius 2 is 1.89 bits per heavy atom. The zero-order chi connectivity index (χ0) is 27.3. The van der Waals surface area contributed by atoms with Crippen molar-refractivity contribution in [3.63, 3.8) is 0 Å². The lowest BCUT2D eigenvalue weighted by atomic mass is 10.2. The van der Waals surface area contributed by atoms with Gasteiger partial charge in [0, 0.05) is 38.5 Å². The molecule has 2 amide bonds. The number of carbonyl (C=O) groups excluding carboxylic acids is 2. The molecule has 0 aromatic carbocycles. The van der Waals surface area contributed by atoms with Crippen LogP contribution in [0.4, 0.5) is 5.69 Å². The van der Waals surface area contributed by atoms with Crippen LogP contribution < -0.4 is 20.5 Å². The van der Waals surface area contributed by atoms with Crippen molar-refractivity contribution < 1.29 is 27.4 Å². The van der Waals surface area contributed by atoms with Crippen LogP contribution >= 0.6 is 0 Å². The van der Waals surface area contributed by atoms with Gasteiger partial charge in [-0.25, -0.2) is 13.4 Å². The van der Waals surface area contributed by atoms with Crippen molar-refractivity contribution >= 4 is 27.5 Å². The molecule has 0 atom stereocenters. The standard InChI is InChI=1S/C24H37N7O5S/c1-6-19-20(21(22(25)32)28-31(19)15-16(4)5)27-23(33)18-13-17(14-26-24(18)36-8-3)37(34,35)30-11-9-29(7-2)10-12-30/h13-14,16H,6-12,15H2,1-5H3,(H3,25,27,32,33)/p+1. The number of H-pyrrole nitrogens is 1. The highest BCUT2D eigenvalue weighted by molar-refractivity contribution is 7.89. The summed E-state index contributed by atoms with van der Waals surface area (Å²) >= 11 is 0. The second kappa shape index (κ2) is 12.0. The van der Waals surface area contributed by atoms with Gasteiger partial charge in [0.25, 0.3) is 11.8 Å². The van der Waals surface area contributed by atoms with Gasteiger partial charge in [-0.2, -0.15) is 9.40 Å². The summed E-state index contributed by atoms with van der Waals surface area (Å²) in [5.74, 6) is -1.11. The molecule has 37 heavy (non-hydrogen) atoms. The lowest BCUT2D eigenvalue weighted by molar-refractivity contribution is -0.760. The van der Waals surface area contributed by atoms with E-state index < -0.39 is 21.8 Å². The summed E-state index contributed by atoms with van der Waals surface area (Å²) in [5, 5.41) is 5.75. The highest BCUT2D eigenvalue weighted by Crippen LogP contribution is 2.26. The average Bonchev–Trinajstić information content (AvgIpc) is 3.20. The van der Waals surface area contributed by atoms with Crippen molar-refractivity contribution in [2.45, 2.75) is 52.5 Å². The number of piperazine rings is 1. The number of aromatic nitrogens is 3. The number of sulfonamides is 1. The van der Waals surface area contributed by atoms with Crippen LogP contribution in [0.15, 0.2) is 17.2 Å². The van der Waals surface area contributed by atoms with Gasteiger partial charge in [-0.1, -0.05) is 27.7 Å². The van der Waals surface area contributed by atoms with Crippen LogP contribution in [-0.4, -0.2) is 78.9 Å². The van der Waals surface area contributed by atoms with Crippen molar-refractivity contribution in [2.24, 2.45) is 11.7 Å². The lowest BCUT2D eigenvalue weighted by Gasteiger charge is -2.33. The van der Waals surface area contributed by atoms with Crippen molar-refractivity contribution in [1.82, 2.24) is 19.3 Å². The second-order valence-corrected chi connectivity index (χ2v) is 11.2. The Hall–Kier alpha value is -3.03. The maximum Gasteiger partial charge on any atom is 0.273 e. The predicted molar refractivity (Wildman–Crippen MR) is 138 cm³/mol. The molecule has 13 heteroatoms. The SMILES string of the molecule is CCOc1ncc(S(=O)(=O)N2CCN(CC)CC2)cc1C(=O)Nc1c(C(N)=O)[nH][n+](CC(C)C)c1CC. The minimum absolute atomic E-state index is 0.000909. The average molecular weight is 537 g/mol. The van der Waals surface area contributed by atoms with E-state index in [4.69, 9.17) is 10.5 Å². The van der Waals surface area contributed by atoms with Gasteiger partial charge in [0.05, 0.1) is 12.8 Å². The van der Waals surface area contributed by atoms with Crippen LogP contribution in [0.2, 0.25) is 0 Å². The van der Waals surface area contributed by atoms with E-state index >= 15 is 0 Å². The Morgan fingerprint density at radius 1 is 1.22 bits per heavy atom. The van der Waals surface area contributed by atoms with Crippen molar-refractivity contribution in [1.29, 1.82) is 0 Å². The Bertz CT molecular complexity index is 1230. The van der Waals surface area contributed by atoms with Crippen molar-refractivity contribution in [2.75, 3.05) is 44.6 Å². The third kappa shape index (κ3) is 6.28. The topological polar surface area (TPSA) is 155 Å². The maximum atomic E-state index is 13.5. The van der Waals surface area contributed by atoms with E-state index in [0.29, 0.717) is 44.8 Å². The second-order valence-electron chi connectivity index (χ2n) is 9.28. The molecule has 0 saturated carbocycles. The predicted octanol–water partition coefficient (Wildman–Crippen LogP) is 0.992. The number of nitrogens with zero attached hydrogens (tertiary/aromatic N) is 4.